The minimum Gasteiger partial charge on any atom is -0.444 e. The van der Waals surface area contributed by atoms with E-state index in [0.29, 0.717) is 31.5 Å². The second-order valence-corrected chi connectivity index (χ2v) is 7.06. The van der Waals surface area contributed by atoms with Gasteiger partial charge < -0.3 is 14.5 Å². The number of amides is 2. The topological polar surface area (TPSA) is 73.6 Å². The van der Waals surface area contributed by atoms with Crippen LogP contribution in [-0.4, -0.2) is 48.0 Å². The van der Waals surface area contributed by atoms with Gasteiger partial charge in [0.25, 0.3) is 0 Å². The molecule has 0 fully saturated rings. The van der Waals surface area contributed by atoms with Gasteiger partial charge in [-0.1, -0.05) is 12.1 Å². The molecule has 0 aromatic heterocycles. The Labute approximate surface area is 150 Å². The standard InChI is InChI=1S/C19H27N3O3/c1-19(2,3)25-18(24)21(4)12-6-7-17(23)22(5)14-16-10-8-15(13-20)9-11-16/h8-11H,6-7,12,14H2,1-5H3. The SMILES string of the molecule is CN(Cc1ccc(C#N)cc1)C(=O)CCCN(C)C(=O)OC(C)(C)C. The summed E-state index contributed by atoms with van der Waals surface area (Å²) in [4.78, 5) is 27.2. The van der Waals surface area contributed by atoms with Crippen LogP contribution in [0.2, 0.25) is 0 Å². The van der Waals surface area contributed by atoms with Crippen LogP contribution < -0.4 is 0 Å². The quantitative estimate of drug-likeness (QED) is 0.794. The van der Waals surface area contributed by atoms with Crippen LogP contribution in [0.1, 0.15) is 44.7 Å². The molecule has 0 spiro atoms. The third-order valence-corrected chi connectivity index (χ3v) is 3.52. The Balaban J connectivity index is 2.37. The zero-order valence-corrected chi connectivity index (χ0v) is 15.7. The highest BCUT2D eigenvalue weighted by Gasteiger charge is 2.19. The molecule has 0 heterocycles. The van der Waals surface area contributed by atoms with E-state index in [0.717, 1.165) is 5.56 Å². The van der Waals surface area contributed by atoms with Gasteiger partial charge in [-0.05, 0) is 44.9 Å². The van der Waals surface area contributed by atoms with E-state index in [1.807, 2.05) is 32.9 Å². The van der Waals surface area contributed by atoms with E-state index in [-0.39, 0.29) is 12.0 Å². The molecule has 1 aromatic carbocycles. The molecule has 0 saturated heterocycles. The van der Waals surface area contributed by atoms with Crippen LogP contribution >= 0.6 is 0 Å². The first kappa shape index (κ1) is 20.5. The van der Waals surface area contributed by atoms with E-state index in [1.165, 1.54) is 4.90 Å². The summed E-state index contributed by atoms with van der Waals surface area (Å²) in [7, 11) is 3.41. The van der Waals surface area contributed by atoms with Gasteiger partial charge in [0.1, 0.15) is 5.60 Å². The van der Waals surface area contributed by atoms with Gasteiger partial charge >= 0.3 is 6.09 Å². The summed E-state index contributed by atoms with van der Waals surface area (Å²) in [5.74, 6) is 0.0157. The van der Waals surface area contributed by atoms with E-state index in [9.17, 15) is 9.59 Å². The highest BCUT2D eigenvalue weighted by molar-refractivity contribution is 5.76. The summed E-state index contributed by atoms with van der Waals surface area (Å²) in [6.45, 7) is 6.42. The molecular weight excluding hydrogens is 318 g/mol. The van der Waals surface area contributed by atoms with E-state index in [1.54, 1.807) is 31.1 Å². The van der Waals surface area contributed by atoms with Crippen molar-refractivity contribution in [3.63, 3.8) is 0 Å². The van der Waals surface area contributed by atoms with Crippen LogP contribution in [0.4, 0.5) is 4.79 Å². The number of carbonyl (C=O) groups excluding carboxylic acids is 2. The predicted octanol–water partition coefficient (Wildman–Crippen LogP) is 3.16. The number of benzene rings is 1. The summed E-state index contributed by atoms with van der Waals surface area (Å²) >= 11 is 0. The Bertz CT molecular complexity index is 627. The summed E-state index contributed by atoms with van der Waals surface area (Å²) < 4.78 is 5.27. The van der Waals surface area contributed by atoms with Gasteiger partial charge in [0.15, 0.2) is 0 Å². The van der Waals surface area contributed by atoms with Crippen LogP contribution in [0, 0.1) is 11.3 Å². The average molecular weight is 345 g/mol. The molecular formula is C19H27N3O3. The highest BCUT2D eigenvalue weighted by Crippen LogP contribution is 2.10. The van der Waals surface area contributed by atoms with Crippen LogP contribution in [-0.2, 0) is 16.1 Å². The van der Waals surface area contributed by atoms with Crippen molar-refractivity contribution in [3.8, 4) is 6.07 Å². The van der Waals surface area contributed by atoms with Gasteiger partial charge in [-0.3, -0.25) is 4.79 Å². The first-order valence-corrected chi connectivity index (χ1v) is 8.29. The molecule has 6 heteroatoms. The average Bonchev–Trinajstić information content (AvgIpc) is 2.53. The molecule has 2 amide bonds. The third kappa shape index (κ3) is 7.71. The molecule has 0 saturated carbocycles. The maximum atomic E-state index is 12.2. The van der Waals surface area contributed by atoms with Crippen molar-refractivity contribution in [2.75, 3.05) is 20.6 Å². The molecule has 136 valence electrons. The van der Waals surface area contributed by atoms with E-state index in [2.05, 4.69) is 6.07 Å². The minimum absolute atomic E-state index is 0.0157. The molecule has 0 bridgehead atoms. The summed E-state index contributed by atoms with van der Waals surface area (Å²) in [5.41, 5.74) is 1.05. The van der Waals surface area contributed by atoms with Gasteiger partial charge in [0.2, 0.25) is 5.91 Å². The van der Waals surface area contributed by atoms with Crippen molar-refractivity contribution >= 4 is 12.0 Å². The Hall–Kier alpha value is -2.55. The fourth-order valence-corrected chi connectivity index (χ4v) is 2.14. The van der Waals surface area contributed by atoms with Crippen LogP contribution in [0.5, 0.6) is 0 Å². The molecule has 1 rings (SSSR count). The Kier molecular flexibility index (Phi) is 7.43. The van der Waals surface area contributed by atoms with Gasteiger partial charge in [-0.15, -0.1) is 0 Å². The summed E-state index contributed by atoms with van der Waals surface area (Å²) in [5, 5.41) is 8.79. The Morgan fingerprint density at radius 1 is 1.12 bits per heavy atom. The number of rotatable bonds is 6. The van der Waals surface area contributed by atoms with Crippen molar-refractivity contribution in [2.45, 2.75) is 45.8 Å². The molecule has 25 heavy (non-hydrogen) atoms. The van der Waals surface area contributed by atoms with Crippen molar-refractivity contribution in [3.05, 3.63) is 35.4 Å². The van der Waals surface area contributed by atoms with Gasteiger partial charge in [-0.2, -0.15) is 5.26 Å². The minimum atomic E-state index is -0.525. The number of hydrogen-bond donors (Lipinski definition) is 0. The highest BCUT2D eigenvalue weighted by atomic mass is 16.6. The predicted molar refractivity (Wildman–Crippen MR) is 95.7 cm³/mol. The zero-order valence-electron chi connectivity index (χ0n) is 15.7. The summed E-state index contributed by atoms with van der Waals surface area (Å²) in [6.07, 6.45) is 0.553. The number of hydrogen-bond acceptors (Lipinski definition) is 4. The van der Waals surface area contributed by atoms with Crippen LogP contribution in [0.25, 0.3) is 0 Å². The van der Waals surface area contributed by atoms with Gasteiger partial charge in [0, 0.05) is 33.6 Å². The van der Waals surface area contributed by atoms with Crippen molar-refractivity contribution in [2.24, 2.45) is 0 Å². The van der Waals surface area contributed by atoms with E-state index >= 15 is 0 Å². The normalized spacial score (nSPS) is 10.7. The second kappa shape index (κ2) is 9.07. The first-order chi connectivity index (χ1) is 11.6. The zero-order chi connectivity index (χ0) is 19.0. The lowest BCUT2D eigenvalue weighted by molar-refractivity contribution is -0.130. The molecule has 6 nitrogen and oxygen atoms in total. The lowest BCUT2D eigenvalue weighted by Crippen LogP contribution is -2.35. The van der Waals surface area contributed by atoms with Crippen LogP contribution in [0.3, 0.4) is 0 Å². The second-order valence-electron chi connectivity index (χ2n) is 7.06. The maximum Gasteiger partial charge on any atom is 0.410 e. The van der Waals surface area contributed by atoms with E-state index < -0.39 is 5.60 Å². The smallest absolute Gasteiger partial charge is 0.410 e. The molecule has 0 N–H and O–H groups in total. The molecule has 0 aliphatic carbocycles. The lowest BCUT2D eigenvalue weighted by atomic mass is 10.1. The number of nitriles is 1. The molecule has 0 unspecified atom stereocenters. The Morgan fingerprint density at radius 2 is 1.72 bits per heavy atom. The molecule has 1 aromatic rings. The first-order valence-electron chi connectivity index (χ1n) is 8.29. The van der Waals surface area contributed by atoms with E-state index in [4.69, 9.17) is 10.00 Å². The number of ether oxygens (including phenoxy) is 1. The lowest BCUT2D eigenvalue weighted by Gasteiger charge is -2.24. The summed E-state index contributed by atoms with van der Waals surface area (Å²) in [6, 6.07) is 9.24. The number of nitrogens with zero attached hydrogens (tertiary/aromatic N) is 3. The van der Waals surface area contributed by atoms with Crippen LogP contribution in [0.15, 0.2) is 24.3 Å². The molecule has 0 aliphatic rings. The molecule has 0 aliphatic heterocycles. The largest absolute Gasteiger partial charge is 0.444 e. The van der Waals surface area contributed by atoms with Crippen molar-refractivity contribution < 1.29 is 14.3 Å². The molecule has 0 atom stereocenters. The Morgan fingerprint density at radius 3 is 2.24 bits per heavy atom. The monoisotopic (exact) mass is 345 g/mol. The third-order valence-electron chi connectivity index (χ3n) is 3.52. The van der Waals surface area contributed by atoms with Crippen molar-refractivity contribution in [1.82, 2.24) is 9.80 Å². The van der Waals surface area contributed by atoms with Gasteiger partial charge in [-0.25, -0.2) is 4.79 Å². The fourth-order valence-electron chi connectivity index (χ4n) is 2.14. The fraction of sp³-hybridized carbons (Fsp3) is 0.526. The maximum absolute atomic E-state index is 12.2. The number of carbonyl (C=O) groups is 2. The van der Waals surface area contributed by atoms with Crippen molar-refractivity contribution in [1.29, 1.82) is 5.26 Å². The molecule has 0 radical (unpaired) electrons. The van der Waals surface area contributed by atoms with Gasteiger partial charge in [0.05, 0.1) is 11.6 Å².